The zero-order valence-corrected chi connectivity index (χ0v) is 13.3. The molecule has 0 saturated heterocycles. The number of aromatic nitrogens is 2. The topological polar surface area (TPSA) is 49.8 Å². The fourth-order valence-corrected chi connectivity index (χ4v) is 2.20. The minimum absolute atomic E-state index is 0.0428. The Morgan fingerprint density at radius 2 is 1.87 bits per heavy atom. The Kier molecular flexibility index (Phi) is 5.73. The van der Waals surface area contributed by atoms with E-state index in [4.69, 9.17) is 23.8 Å². The largest absolute Gasteiger partial charge is 0.419 e. The predicted octanol–water partition coefficient (Wildman–Crippen LogP) is 3.68. The maximum Gasteiger partial charge on any atom is 0.419 e. The first-order valence-corrected chi connectivity index (χ1v) is 7.33. The summed E-state index contributed by atoms with van der Waals surface area (Å²) in [7, 11) is 0. The monoisotopic (exact) mass is 360 g/mol. The third-order valence-electron chi connectivity index (χ3n) is 2.83. The van der Waals surface area contributed by atoms with Gasteiger partial charge in [0.15, 0.2) is 5.11 Å². The van der Waals surface area contributed by atoms with Gasteiger partial charge in [0.05, 0.1) is 16.3 Å². The molecule has 0 amide bonds. The fourth-order valence-electron chi connectivity index (χ4n) is 1.78. The van der Waals surface area contributed by atoms with Crippen LogP contribution in [0.5, 0.6) is 0 Å². The number of hydrogen-bond acceptors (Lipinski definition) is 3. The third-order valence-corrected chi connectivity index (χ3v) is 3.42. The van der Waals surface area contributed by atoms with Crippen molar-refractivity contribution in [2.45, 2.75) is 12.6 Å². The van der Waals surface area contributed by atoms with Gasteiger partial charge in [0, 0.05) is 25.4 Å². The maximum absolute atomic E-state index is 12.8. The van der Waals surface area contributed by atoms with Gasteiger partial charge in [-0.15, -0.1) is 0 Å². The van der Waals surface area contributed by atoms with Gasteiger partial charge >= 0.3 is 6.18 Å². The summed E-state index contributed by atoms with van der Waals surface area (Å²) in [6.07, 6.45) is -1.15. The van der Waals surface area contributed by atoms with Crippen molar-refractivity contribution < 1.29 is 13.2 Å². The van der Waals surface area contributed by atoms with E-state index in [2.05, 4.69) is 20.6 Å². The molecule has 0 fully saturated rings. The number of halogens is 4. The van der Waals surface area contributed by atoms with Gasteiger partial charge in [0.1, 0.15) is 5.82 Å². The Bertz CT molecular complexity index is 694. The predicted molar refractivity (Wildman–Crippen MR) is 86.4 cm³/mol. The maximum atomic E-state index is 12.8. The SMILES string of the molecule is FC(F)(F)c1cccnc1NC(=S)NCCc1ncccc1Cl. The molecule has 0 bridgehead atoms. The Labute approximate surface area is 141 Å². The van der Waals surface area contributed by atoms with E-state index < -0.39 is 11.7 Å². The normalized spacial score (nSPS) is 11.1. The minimum Gasteiger partial charge on any atom is -0.362 e. The summed E-state index contributed by atoms with van der Waals surface area (Å²) in [6, 6.07) is 5.58. The summed E-state index contributed by atoms with van der Waals surface area (Å²) in [6.45, 7) is 0.372. The lowest BCUT2D eigenvalue weighted by atomic mass is 10.2. The molecule has 2 heterocycles. The number of thiocarbonyl (C=S) groups is 1. The van der Waals surface area contributed by atoms with Crippen LogP contribution in [0.1, 0.15) is 11.3 Å². The first kappa shape index (κ1) is 17.4. The van der Waals surface area contributed by atoms with E-state index in [-0.39, 0.29) is 10.9 Å². The molecule has 23 heavy (non-hydrogen) atoms. The minimum atomic E-state index is -4.51. The van der Waals surface area contributed by atoms with Gasteiger partial charge in [-0.05, 0) is 36.5 Å². The van der Waals surface area contributed by atoms with E-state index in [1.165, 1.54) is 12.3 Å². The Balaban J connectivity index is 1.92. The van der Waals surface area contributed by atoms with Crippen LogP contribution in [0.3, 0.4) is 0 Å². The van der Waals surface area contributed by atoms with Crippen LogP contribution in [-0.4, -0.2) is 21.6 Å². The molecule has 122 valence electrons. The molecular weight excluding hydrogens is 349 g/mol. The molecule has 0 spiro atoms. The third kappa shape index (κ3) is 5.04. The van der Waals surface area contributed by atoms with E-state index in [0.717, 1.165) is 6.07 Å². The fraction of sp³-hybridized carbons (Fsp3) is 0.214. The number of alkyl halides is 3. The van der Waals surface area contributed by atoms with Gasteiger partial charge in [-0.25, -0.2) is 4.98 Å². The zero-order valence-electron chi connectivity index (χ0n) is 11.7. The van der Waals surface area contributed by atoms with Gasteiger partial charge in [-0.3, -0.25) is 4.98 Å². The summed E-state index contributed by atoms with van der Waals surface area (Å²) in [5.74, 6) is -0.339. The summed E-state index contributed by atoms with van der Waals surface area (Å²) < 4.78 is 38.5. The van der Waals surface area contributed by atoms with Crippen LogP contribution < -0.4 is 10.6 Å². The molecule has 0 aliphatic heterocycles. The molecule has 4 nitrogen and oxygen atoms in total. The van der Waals surface area contributed by atoms with Crippen LogP contribution in [0.4, 0.5) is 19.0 Å². The van der Waals surface area contributed by atoms with E-state index in [0.29, 0.717) is 23.7 Å². The van der Waals surface area contributed by atoms with Gasteiger partial charge in [-0.2, -0.15) is 13.2 Å². The summed E-state index contributed by atoms with van der Waals surface area (Å²) >= 11 is 11.0. The highest BCUT2D eigenvalue weighted by Crippen LogP contribution is 2.33. The van der Waals surface area contributed by atoms with E-state index in [1.54, 1.807) is 18.3 Å². The number of rotatable bonds is 4. The van der Waals surface area contributed by atoms with Crippen LogP contribution >= 0.6 is 23.8 Å². The zero-order chi connectivity index (χ0) is 16.9. The number of nitrogens with one attached hydrogen (secondary N) is 2. The van der Waals surface area contributed by atoms with Crippen molar-refractivity contribution in [3.05, 3.63) is 52.9 Å². The van der Waals surface area contributed by atoms with Crippen LogP contribution in [0.15, 0.2) is 36.7 Å². The second-order valence-electron chi connectivity index (χ2n) is 4.46. The quantitative estimate of drug-likeness (QED) is 0.815. The molecule has 9 heteroatoms. The van der Waals surface area contributed by atoms with Gasteiger partial charge < -0.3 is 10.6 Å². The molecule has 0 atom stereocenters. The second kappa shape index (κ2) is 7.56. The lowest BCUT2D eigenvalue weighted by Gasteiger charge is -2.14. The van der Waals surface area contributed by atoms with Crippen LogP contribution in [0.25, 0.3) is 0 Å². The highest BCUT2D eigenvalue weighted by molar-refractivity contribution is 7.80. The molecule has 2 rings (SSSR count). The molecule has 0 saturated carbocycles. The molecule has 2 N–H and O–H groups in total. The van der Waals surface area contributed by atoms with Crippen LogP contribution in [0, 0.1) is 0 Å². The lowest BCUT2D eigenvalue weighted by molar-refractivity contribution is -0.137. The average Bonchev–Trinajstić information content (AvgIpc) is 2.49. The van der Waals surface area contributed by atoms with E-state index >= 15 is 0 Å². The van der Waals surface area contributed by atoms with Gasteiger partial charge in [-0.1, -0.05) is 11.6 Å². The number of pyridine rings is 2. The van der Waals surface area contributed by atoms with E-state index in [1.807, 2.05) is 0 Å². The number of hydrogen-bond donors (Lipinski definition) is 2. The van der Waals surface area contributed by atoms with Crippen molar-refractivity contribution in [2.24, 2.45) is 0 Å². The molecule has 2 aromatic rings. The van der Waals surface area contributed by atoms with Crippen molar-refractivity contribution in [2.75, 3.05) is 11.9 Å². The summed E-state index contributed by atoms with van der Waals surface area (Å²) in [5, 5.41) is 5.82. The molecule has 0 unspecified atom stereocenters. The summed E-state index contributed by atoms with van der Waals surface area (Å²) in [4.78, 5) is 7.78. The number of anilines is 1. The van der Waals surface area contributed by atoms with Gasteiger partial charge in [0.2, 0.25) is 0 Å². The van der Waals surface area contributed by atoms with Crippen molar-refractivity contribution in [3.8, 4) is 0 Å². The molecule has 0 aromatic carbocycles. The second-order valence-corrected chi connectivity index (χ2v) is 5.28. The molecular formula is C14H12ClF3N4S. The van der Waals surface area contributed by atoms with Crippen molar-refractivity contribution in [1.29, 1.82) is 0 Å². The van der Waals surface area contributed by atoms with E-state index in [9.17, 15) is 13.2 Å². The molecule has 0 radical (unpaired) electrons. The van der Waals surface area contributed by atoms with Crippen molar-refractivity contribution >= 4 is 34.7 Å². The van der Waals surface area contributed by atoms with Crippen LogP contribution in [-0.2, 0) is 12.6 Å². The first-order valence-electron chi connectivity index (χ1n) is 6.54. The standard InChI is InChI=1S/C14H12ClF3N4S/c15-10-4-2-6-19-11(10)5-8-21-13(23)22-12-9(14(16,17)18)3-1-7-20-12/h1-4,6-7H,5,8H2,(H2,20,21,22,23). The molecule has 2 aromatic heterocycles. The molecule has 0 aliphatic rings. The van der Waals surface area contributed by atoms with Gasteiger partial charge in [0.25, 0.3) is 0 Å². The Morgan fingerprint density at radius 3 is 2.57 bits per heavy atom. The first-order chi connectivity index (χ1) is 10.9. The Hall–Kier alpha value is -1.93. The number of nitrogens with zero attached hydrogens (tertiary/aromatic N) is 2. The van der Waals surface area contributed by atoms with Crippen LogP contribution in [0.2, 0.25) is 5.02 Å². The highest BCUT2D eigenvalue weighted by Gasteiger charge is 2.34. The smallest absolute Gasteiger partial charge is 0.362 e. The average molecular weight is 361 g/mol. The highest BCUT2D eigenvalue weighted by atomic mass is 35.5. The van der Waals surface area contributed by atoms with Crippen molar-refractivity contribution in [1.82, 2.24) is 15.3 Å². The molecule has 0 aliphatic carbocycles. The lowest BCUT2D eigenvalue weighted by Crippen LogP contribution is -2.31. The Morgan fingerprint density at radius 1 is 1.17 bits per heavy atom. The van der Waals surface area contributed by atoms with Crippen molar-refractivity contribution in [3.63, 3.8) is 0 Å². The summed E-state index contributed by atoms with van der Waals surface area (Å²) in [5.41, 5.74) is -0.199.